The second-order valence-electron chi connectivity index (χ2n) is 7.28. The van der Waals surface area contributed by atoms with Gasteiger partial charge in [-0.05, 0) is 68.4 Å². The molecule has 2 aromatic carbocycles. The summed E-state index contributed by atoms with van der Waals surface area (Å²) in [5.74, 6) is 0. The van der Waals surface area contributed by atoms with Crippen LogP contribution in [0.5, 0.6) is 0 Å². The second-order valence-corrected chi connectivity index (χ2v) is 8.33. The number of thiophene rings is 1. The first-order chi connectivity index (χ1) is 12.1. The molecule has 0 saturated heterocycles. The fourth-order valence-electron chi connectivity index (χ4n) is 4.20. The molecule has 25 heavy (non-hydrogen) atoms. The summed E-state index contributed by atoms with van der Waals surface area (Å²) < 4.78 is 1.41. The Morgan fingerprint density at radius 1 is 0.960 bits per heavy atom. The molecule has 1 aliphatic rings. The number of allylic oxidation sites excluding steroid dienone is 1. The molecule has 1 atom stereocenters. The minimum atomic E-state index is 0.120. The molecule has 0 radical (unpaired) electrons. The molecule has 0 saturated carbocycles. The summed E-state index contributed by atoms with van der Waals surface area (Å²) in [6.45, 7) is 2.28. The Labute approximate surface area is 154 Å². The molecule has 128 valence electrons. The standard InChI is InChI=1S/C23H25NS/c1-17-20-11-7-8-12-21(20)25-22(17)18-13-15-23(16-14-18,24(2)3)19-9-5-4-6-10-19/h4-13H,14-16H2,1-3H3. The molecule has 4 rings (SSSR count). The number of benzene rings is 2. The Kier molecular flexibility index (Phi) is 4.26. The smallest absolute Gasteiger partial charge is 0.0492 e. The zero-order valence-electron chi connectivity index (χ0n) is 15.3. The van der Waals surface area contributed by atoms with Crippen molar-refractivity contribution in [2.24, 2.45) is 0 Å². The van der Waals surface area contributed by atoms with E-state index in [2.05, 4.69) is 86.6 Å². The molecule has 0 spiro atoms. The van der Waals surface area contributed by atoms with E-state index >= 15 is 0 Å². The Balaban J connectivity index is 1.72. The minimum Gasteiger partial charge on any atom is -0.299 e. The maximum absolute atomic E-state index is 2.49. The summed E-state index contributed by atoms with van der Waals surface area (Å²) >= 11 is 1.95. The maximum Gasteiger partial charge on any atom is 0.0492 e. The van der Waals surface area contributed by atoms with Gasteiger partial charge < -0.3 is 0 Å². The van der Waals surface area contributed by atoms with E-state index in [0.717, 1.165) is 12.8 Å². The highest BCUT2D eigenvalue weighted by Gasteiger charge is 2.36. The maximum atomic E-state index is 2.49. The molecule has 1 heterocycles. The van der Waals surface area contributed by atoms with E-state index in [-0.39, 0.29) is 5.54 Å². The van der Waals surface area contributed by atoms with Crippen molar-refractivity contribution in [3.8, 4) is 0 Å². The first-order valence-electron chi connectivity index (χ1n) is 9.02. The lowest BCUT2D eigenvalue weighted by atomic mass is 9.76. The number of hydrogen-bond donors (Lipinski definition) is 0. The Bertz CT molecular complexity index is 920. The molecule has 0 fully saturated rings. The normalized spacial score (nSPS) is 20.9. The first kappa shape index (κ1) is 16.6. The zero-order chi connectivity index (χ0) is 17.4. The van der Waals surface area contributed by atoms with Crippen LogP contribution in [0, 0.1) is 6.92 Å². The highest BCUT2D eigenvalue weighted by atomic mass is 32.1. The van der Waals surface area contributed by atoms with Crippen molar-refractivity contribution < 1.29 is 0 Å². The molecule has 0 bridgehead atoms. The van der Waals surface area contributed by atoms with E-state index in [1.807, 2.05) is 11.3 Å². The number of rotatable bonds is 3. The third kappa shape index (κ3) is 2.74. The topological polar surface area (TPSA) is 3.24 Å². The third-order valence-electron chi connectivity index (χ3n) is 5.80. The largest absolute Gasteiger partial charge is 0.299 e. The Morgan fingerprint density at radius 2 is 1.68 bits per heavy atom. The lowest BCUT2D eigenvalue weighted by Gasteiger charge is -2.43. The number of aryl methyl sites for hydroxylation is 1. The molecule has 0 N–H and O–H groups in total. The highest BCUT2D eigenvalue weighted by Crippen LogP contribution is 2.45. The number of hydrogen-bond acceptors (Lipinski definition) is 2. The molecule has 1 nitrogen and oxygen atoms in total. The zero-order valence-corrected chi connectivity index (χ0v) is 16.1. The van der Waals surface area contributed by atoms with Crippen LogP contribution in [0.4, 0.5) is 0 Å². The van der Waals surface area contributed by atoms with E-state index in [1.165, 1.54) is 38.1 Å². The van der Waals surface area contributed by atoms with Gasteiger partial charge >= 0.3 is 0 Å². The quantitative estimate of drug-likeness (QED) is 0.542. The van der Waals surface area contributed by atoms with Crippen LogP contribution in [0.1, 0.15) is 35.3 Å². The fraction of sp³-hybridized carbons (Fsp3) is 0.304. The molecule has 0 amide bonds. The van der Waals surface area contributed by atoms with Gasteiger partial charge in [-0.2, -0.15) is 0 Å². The van der Waals surface area contributed by atoms with E-state index in [4.69, 9.17) is 0 Å². The van der Waals surface area contributed by atoms with Crippen LogP contribution in [0.15, 0.2) is 60.7 Å². The van der Waals surface area contributed by atoms with Crippen molar-refractivity contribution in [3.05, 3.63) is 76.7 Å². The van der Waals surface area contributed by atoms with E-state index in [9.17, 15) is 0 Å². The Hall–Kier alpha value is -1.90. The molecule has 1 unspecified atom stereocenters. The average Bonchev–Trinajstić information content (AvgIpc) is 2.99. The number of fused-ring (bicyclic) bond motifs is 1. The van der Waals surface area contributed by atoms with Gasteiger partial charge in [0.2, 0.25) is 0 Å². The van der Waals surface area contributed by atoms with Crippen LogP contribution in [0.25, 0.3) is 15.7 Å². The van der Waals surface area contributed by atoms with Gasteiger partial charge in [-0.1, -0.05) is 54.6 Å². The Morgan fingerprint density at radius 3 is 2.32 bits per heavy atom. The summed E-state index contributed by atoms with van der Waals surface area (Å²) in [4.78, 5) is 3.90. The van der Waals surface area contributed by atoms with Crippen molar-refractivity contribution in [1.29, 1.82) is 0 Å². The molecule has 2 heteroatoms. The van der Waals surface area contributed by atoms with Crippen molar-refractivity contribution >= 4 is 27.0 Å². The van der Waals surface area contributed by atoms with Crippen LogP contribution < -0.4 is 0 Å². The van der Waals surface area contributed by atoms with Gasteiger partial charge in [0.1, 0.15) is 0 Å². The summed E-state index contributed by atoms with van der Waals surface area (Å²) in [5, 5.41) is 1.41. The van der Waals surface area contributed by atoms with Crippen LogP contribution in [-0.4, -0.2) is 19.0 Å². The van der Waals surface area contributed by atoms with Crippen LogP contribution in [0.3, 0.4) is 0 Å². The third-order valence-corrected chi connectivity index (χ3v) is 7.15. The lowest BCUT2D eigenvalue weighted by molar-refractivity contribution is 0.138. The van der Waals surface area contributed by atoms with E-state index < -0.39 is 0 Å². The predicted molar refractivity (Wildman–Crippen MR) is 110 cm³/mol. The van der Waals surface area contributed by atoms with Gasteiger partial charge in [0, 0.05) is 15.1 Å². The van der Waals surface area contributed by atoms with Crippen LogP contribution >= 0.6 is 11.3 Å². The molecule has 1 aliphatic carbocycles. The lowest BCUT2D eigenvalue weighted by Crippen LogP contribution is -2.42. The first-order valence-corrected chi connectivity index (χ1v) is 9.84. The predicted octanol–water partition coefficient (Wildman–Crippen LogP) is 6.23. The van der Waals surface area contributed by atoms with Gasteiger partial charge in [0.05, 0.1) is 0 Å². The van der Waals surface area contributed by atoms with Crippen molar-refractivity contribution in [3.63, 3.8) is 0 Å². The van der Waals surface area contributed by atoms with Gasteiger partial charge in [-0.25, -0.2) is 0 Å². The average molecular weight is 348 g/mol. The van der Waals surface area contributed by atoms with E-state index in [0.29, 0.717) is 0 Å². The summed E-state index contributed by atoms with van der Waals surface area (Å²) in [6.07, 6.45) is 5.88. The molecule has 3 aromatic rings. The summed E-state index contributed by atoms with van der Waals surface area (Å²) in [5.41, 5.74) is 4.54. The highest BCUT2D eigenvalue weighted by molar-refractivity contribution is 7.20. The number of nitrogens with zero attached hydrogens (tertiary/aromatic N) is 1. The van der Waals surface area contributed by atoms with Gasteiger partial charge in [0.15, 0.2) is 0 Å². The molecular weight excluding hydrogens is 322 g/mol. The van der Waals surface area contributed by atoms with Gasteiger partial charge in [-0.15, -0.1) is 11.3 Å². The molecule has 1 aromatic heterocycles. The molecule has 0 aliphatic heterocycles. The summed E-state index contributed by atoms with van der Waals surface area (Å²) in [6, 6.07) is 19.8. The minimum absolute atomic E-state index is 0.120. The van der Waals surface area contributed by atoms with Crippen LogP contribution in [-0.2, 0) is 5.54 Å². The monoisotopic (exact) mass is 347 g/mol. The van der Waals surface area contributed by atoms with Gasteiger partial charge in [-0.3, -0.25) is 4.90 Å². The molecular formula is C23H25NS. The second kappa shape index (κ2) is 6.44. The van der Waals surface area contributed by atoms with E-state index in [1.54, 1.807) is 0 Å². The fourth-order valence-corrected chi connectivity index (χ4v) is 5.48. The van der Waals surface area contributed by atoms with Crippen molar-refractivity contribution in [2.45, 2.75) is 31.7 Å². The van der Waals surface area contributed by atoms with Crippen LogP contribution in [0.2, 0.25) is 0 Å². The SMILES string of the molecule is Cc1c(C2=CCC(c3ccccc3)(N(C)C)CC2)sc2ccccc12. The van der Waals surface area contributed by atoms with Gasteiger partial charge in [0.25, 0.3) is 0 Å². The van der Waals surface area contributed by atoms with Crippen molar-refractivity contribution in [2.75, 3.05) is 14.1 Å². The van der Waals surface area contributed by atoms with Crippen molar-refractivity contribution in [1.82, 2.24) is 4.90 Å². The summed E-state index contributed by atoms with van der Waals surface area (Å²) in [7, 11) is 4.44.